The van der Waals surface area contributed by atoms with Crippen LogP contribution in [-0.2, 0) is 6.54 Å². The minimum Gasteiger partial charge on any atom is -0.436 e. The van der Waals surface area contributed by atoms with E-state index >= 15 is 0 Å². The van der Waals surface area contributed by atoms with Crippen molar-refractivity contribution in [1.82, 2.24) is 15.3 Å². The normalized spacial score (nSPS) is 10.7. The monoisotopic (exact) mass is 362 g/mol. The summed E-state index contributed by atoms with van der Waals surface area (Å²) in [5.74, 6) is -0.196. The number of hydrogen-bond donors (Lipinski definition) is 2. The molecule has 0 fully saturated rings. The highest BCUT2D eigenvalue weighted by Gasteiger charge is 2.14. The number of pyridine rings is 1. The predicted molar refractivity (Wildman–Crippen MR) is 99.5 cm³/mol. The van der Waals surface area contributed by atoms with Crippen molar-refractivity contribution in [3.63, 3.8) is 0 Å². The fourth-order valence-electron chi connectivity index (χ4n) is 2.60. The highest BCUT2D eigenvalue weighted by atomic mass is 19.1. The molecule has 134 valence electrons. The third-order valence-electron chi connectivity index (χ3n) is 3.95. The van der Waals surface area contributed by atoms with Crippen molar-refractivity contribution < 1.29 is 13.6 Å². The molecule has 2 heterocycles. The summed E-state index contributed by atoms with van der Waals surface area (Å²) in [4.78, 5) is 20.3. The first-order valence-electron chi connectivity index (χ1n) is 8.28. The number of oxazole rings is 1. The molecule has 0 aliphatic heterocycles. The molecule has 0 bridgehead atoms. The first-order valence-corrected chi connectivity index (χ1v) is 8.28. The van der Waals surface area contributed by atoms with Crippen LogP contribution in [0.25, 0.3) is 22.6 Å². The molecule has 6 nitrogen and oxygen atoms in total. The van der Waals surface area contributed by atoms with Gasteiger partial charge in [0.1, 0.15) is 11.3 Å². The van der Waals surface area contributed by atoms with Crippen LogP contribution < -0.4 is 10.6 Å². The van der Waals surface area contributed by atoms with Gasteiger partial charge in [-0.3, -0.25) is 4.98 Å². The first-order chi connectivity index (χ1) is 13.2. The van der Waals surface area contributed by atoms with Gasteiger partial charge in [0.05, 0.1) is 5.69 Å². The van der Waals surface area contributed by atoms with Gasteiger partial charge in [-0.25, -0.2) is 14.2 Å². The molecule has 4 rings (SSSR count). The van der Waals surface area contributed by atoms with Crippen molar-refractivity contribution in [3.05, 3.63) is 78.4 Å². The van der Waals surface area contributed by atoms with E-state index in [2.05, 4.69) is 20.6 Å². The molecular formula is C20H15FN4O2. The zero-order valence-corrected chi connectivity index (χ0v) is 14.1. The second kappa shape index (κ2) is 7.25. The van der Waals surface area contributed by atoms with Crippen molar-refractivity contribution in [3.8, 4) is 11.5 Å². The number of halogens is 1. The molecule has 7 heteroatoms. The van der Waals surface area contributed by atoms with Crippen LogP contribution in [0.4, 0.5) is 14.9 Å². The number of anilines is 1. The third kappa shape index (κ3) is 3.77. The standard InChI is InChI=1S/C20H15FN4O2/c21-15-10-17-18(27-19(24-17)14-4-2-1-3-5-14)11-16(15)25-20(26)23-12-13-6-8-22-9-7-13/h1-11H,12H2,(H2,23,25,26). The number of carbonyl (C=O) groups is 1. The van der Waals surface area contributed by atoms with Crippen molar-refractivity contribution in [2.75, 3.05) is 5.32 Å². The van der Waals surface area contributed by atoms with E-state index in [0.717, 1.165) is 11.1 Å². The Morgan fingerprint density at radius 2 is 1.85 bits per heavy atom. The molecule has 2 amide bonds. The van der Waals surface area contributed by atoms with Gasteiger partial charge in [-0.15, -0.1) is 0 Å². The Labute approximate surface area is 154 Å². The fraction of sp³-hybridized carbons (Fsp3) is 0.0500. The molecule has 27 heavy (non-hydrogen) atoms. The summed E-state index contributed by atoms with van der Waals surface area (Å²) in [6.45, 7) is 0.304. The average molecular weight is 362 g/mol. The van der Waals surface area contributed by atoms with Crippen LogP contribution in [0, 0.1) is 5.82 Å². The number of nitrogens with one attached hydrogen (secondary N) is 2. The second-order valence-electron chi connectivity index (χ2n) is 5.85. The van der Waals surface area contributed by atoms with Crippen molar-refractivity contribution in [1.29, 1.82) is 0 Å². The Hall–Kier alpha value is -3.74. The molecule has 0 aliphatic rings. The van der Waals surface area contributed by atoms with Gasteiger partial charge in [0, 0.05) is 36.6 Å². The highest BCUT2D eigenvalue weighted by Crippen LogP contribution is 2.28. The minimum absolute atomic E-state index is 0.0190. The van der Waals surface area contributed by atoms with E-state index < -0.39 is 11.8 Å². The Balaban J connectivity index is 1.51. The maximum absolute atomic E-state index is 14.3. The van der Waals surface area contributed by atoms with Crippen molar-refractivity contribution in [2.45, 2.75) is 6.54 Å². The molecule has 2 N–H and O–H groups in total. The first kappa shape index (κ1) is 16.7. The van der Waals surface area contributed by atoms with Crippen molar-refractivity contribution >= 4 is 22.8 Å². The quantitative estimate of drug-likeness (QED) is 0.566. The predicted octanol–water partition coefficient (Wildman–Crippen LogP) is 4.35. The molecule has 0 radical (unpaired) electrons. The minimum atomic E-state index is -0.588. The zero-order valence-electron chi connectivity index (χ0n) is 14.1. The summed E-state index contributed by atoms with van der Waals surface area (Å²) in [5, 5.41) is 5.16. The van der Waals surface area contributed by atoms with Crippen molar-refractivity contribution in [2.24, 2.45) is 0 Å². The lowest BCUT2D eigenvalue weighted by molar-refractivity contribution is 0.251. The van der Waals surface area contributed by atoms with Crippen LogP contribution in [0.1, 0.15) is 5.56 Å². The average Bonchev–Trinajstić information content (AvgIpc) is 3.11. The number of amides is 2. The molecule has 4 aromatic rings. The molecule has 0 spiro atoms. The number of benzene rings is 2. The smallest absolute Gasteiger partial charge is 0.319 e. The maximum atomic E-state index is 14.3. The van der Waals surface area contributed by atoms with Crippen LogP contribution in [0.3, 0.4) is 0 Å². The van der Waals surface area contributed by atoms with Crippen LogP contribution in [0.5, 0.6) is 0 Å². The molecule has 0 unspecified atom stereocenters. The molecular weight excluding hydrogens is 347 g/mol. The molecule has 0 atom stereocenters. The Kier molecular flexibility index (Phi) is 4.49. The van der Waals surface area contributed by atoms with Crippen LogP contribution in [0.2, 0.25) is 0 Å². The zero-order chi connectivity index (χ0) is 18.6. The van der Waals surface area contributed by atoms with Crippen LogP contribution >= 0.6 is 0 Å². The lowest BCUT2D eigenvalue weighted by Gasteiger charge is -2.08. The lowest BCUT2D eigenvalue weighted by Crippen LogP contribution is -2.28. The van der Waals surface area contributed by atoms with Gasteiger partial charge in [0.25, 0.3) is 0 Å². The van der Waals surface area contributed by atoms with E-state index in [4.69, 9.17) is 4.42 Å². The summed E-state index contributed by atoms with van der Waals surface area (Å²) in [6.07, 6.45) is 3.27. The largest absolute Gasteiger partial charge is 0.436 e. The van der Waals surface area contributed by atoms with Gasteiger partial charge in [0.15, 0.2) is 5.58 Å². The van der Waals surface area contributed by atoms with E-state index in [-0.39, 0.29) is 5.69 Å². The van der Waals surface area contributed by atoms with Gasteiger partial charge >= 0.3 is 6.03 Å². The third-order valence-corrected chi connectivity index (χ3v) is 3.95. The van der Waals surface area contributed by atoms with E-state index in [9.17, 15) is 9.18 Å². The van der Waals surface area contributed by atoms with Gasteiger partial charge in [-0.2, -0.15) is 0 Å². The fourth-order valence-corrected chi connectivity index (χ4v) is 2.60. The van der Waals surface area contributed by atoms with Gasteiger partial charge in [-0.05, 0) is 29.8 Å². The molecule has 0 saturated heterocycles. The summed E-state index contributed by atoms with van der Waals surface area (Å²) in [5.41, 5.74) is 2.47. The van der Waals surface area contributed by atoms with Crippen LogP contribution in [0.15, 0.2) is 71.4 Å². The lowest BCUT2D eigenvalue weighted by atomic mass is 10.2. The highest BCUT2D eigenvalue weighted by molar-refractivity contribution is 5.92. The van der Waals surface area contributed by atoms with Crippen LogP contribution in [-0.4, -0.2) is 16.0 Å². The van der Waals surface area contributed by atoms with E-state index in [1.165, 1.54) is 12.1 Å². The number of carbonyl (C=O) groups excluding carboxylic acids is 1. The number of rotatable bonds is 4. The Morgan fingerprint density at radius 1 is 1.07 bits per heavy atom. The number of aromatic nitrogens is 2. The maximum Gasteiger partial charge on any atom is 0.319 e. The summed E-state index contributed by atoms with van der Waals surface area (Å²) < 4.78 is 20.0. The number of urea groups is 1. The number of hydrogen-bond acceptors (Lipinski definition) is 4. The SMILES string of the molecule is O=C(NCc1ccncc1)Nc1cc2oc(-c3ccccc3)nc2cc1F. The molecule has 2 aromatic carbocycles. The summed E-state index contributed by atoms with van der Waals surface area (Å²) >= 11 is 0. The summed E-state index contributed by atoms with van der Waals surface area (Å²) in [7, 11) is 0. The molecule has 2 aromatic heterocycles. The van der Waals surface area contributed by atoms with E-state index in [1.807, 2.05) is 30.3 Å². The van der Waals surface area contributed by atoms with Gasteiger partial charge < -0.3 is 15.1 Å². The number of nitrogens with zero attached hydrogens (tertiary/aromatic N) is 2. The van der Waals surface area contributed by atoms with E-state index in [0.29, 0.717) is 23.5 Å². The van der Waals surface area contributed by atoms with E-state index in [1.54, 1.807) is 24.5 Å². The Morgan fingerprint density at radius 3 is 2.63 bits per heavy atom. The van der Waals surface area contributed by atoms with Gasteiger partial charge in [-0.1, -0.05) is 18.2 Å². The second-order valence-corrected chi connectivity index (χ2v) is 5.85. The Bertz CT molecular complexity index is 1080. The van der Waals surface area contributed by atoms with Gasteiger partial charge in [0.2, 0.25) is 5.89 Å². The summed E-state index contributed by atoms with van der Waals surface area (Å²) in [6, 6.07) is 15.0. The number of fused-ring (bicyclic) bond motifs is 1. The molecule has 0 saturated carbocycles. The molecule has 0 aliphatic carbocycles. The topological polar surface area (TPSA) is 80.0 Å².